The van der Waals surface area contributed by atoms with Gasteiger partial charge < -0.3 is 4.74 Å². The van der Waals surface area contributed by atoms with E-state index in [1.165, 1.54) is 6.42 Å². The van der Waals surface area contributed by atoms with Gasteiger partial charge in [0.15, 0.2) is 0 Å². The molecule has 0 unspecified atom stereocenters. The van der Waals surface area contributed by atoms with Gasteiger partial charge >= 0.3 is 11.9 Å². The first-order chi connectivity index (χ1) is 6.99. The summed E-state index contributed by atoms with van der Waals surface area (Å²) >= 11 is 0. The molecule has 2 atom stereocenters. The molecule has 15 heavy (non-hydrogen) atoms. The van der Waals surface area contributed by atoms with E-state index in [4.69, 9.17) is 0 Å². The number of carbonyl (C=O) groups excluding carboxylic acids is 2. The first-order valence-corrected chi connectivity index (χ1v) is 5.73. The van der Waals surface area contributed by atoms with Crippen molar-refractivity contribution in [2.45, 2.75) is 46.0 Å². The third kappa shape index (κ3) is 2.21. The van der Waals surface area contributed by atoms with Gasteiger partial charge in [0.2, 0.25) is 0 Å². The number of carbonyl (C=O) groups is 2. The van der Waals surface area contributed by atoms with Crippen LogP contribution in [0.15, 0.2) is 0 Å². The van der Waals surface area contributed by atoms with Crippen LogP contribution >= 0.6 is 0 Å². The number of cyclic esters (lactones) is 2. The molecule has 1 aliphatic heterocycles. The fraction of sp³-hybridized carbons (Fsp3) is 0.833. The van der Waals surface area contributed by atoms with Crippen molar-refractivity contribution in [3.63, 3.8) is 0 Å². The van der Waals surface area contributed by atoms with Crippen LogP contribution in [0.5, 0.6) is 0 Å². The van der Waals surface area contributed by atoms with Crippen LogP contribution in [0.25, 0.3) is 0 Å². The van der Waals surface area contributed by atoms with Crippen molar-refractivity contribution in [2.24, 2.45) is 17.3 Å². The summed E-state index contributed by atoms with van der Waals surface area (Å²) in [5.41, 5.74) is -0.0799. The summed E-state index contributed by atoms with van der Waals surface area (Å²) in [4.78, 5) is 22.6. The van der Waals surface area contributed by atoms with Gasteiger partial charge in [-0.05, 0) is 36.5 Å². The molecule has 1 saturated carbocycles. The Hall–Kier alpha value is -0.860. The van der Waals surface area contributed by atoms with Crippen LogP contribution in [-0.2, 0) is 14.3 Å². The summed E-state index contributed by atoms with van der Waals surface area (Å²) in [5.74, 6) is 0.583. The molecular formula is C12H18O3. The lowest BCUT2D eigenvalue weighted by Crippen LogP contribution is -2.40. The van der Waals surface area contributed by atoms with Gasteiger partial charge in [0.05, 0.1) is 12.8 Å². The van der Waals surface area contributed by atoms with Crippen LogP contribution in [0, 0.1) is 17.3 Å². The van der Waals surface area contributed by atoms with Crippen LogP contribution in [0.2, 0.25) is 0 Å². The summed E-state index contributed by atoms with van der Waals surface area (Å²) in [7, 11) is 0. The molecule has 2 fully saturated rings. The van der Waals surface area contributed by atoms with E-state index < -0.39 is 0 Å². The third-order valence-electron chi connectivity index (χ3n) is 3.63. The Morgan fingerprint density at radius 2 is 1.53 bits per heavy atom. The van der Waals surface area contributed by atoms with Crippen LogP contribution in [-0.4, -0.2) is 11.9 Å². The number of hydrogen-bond acceptors (Lipinski definition) is 3. The normalized spacial score (nSPS) is 35.3. The highest BCUT2D eigenvalue weighted by Crippen LogP contribution is 2.48. The maximum absolute atomic E-state index is 11.3. The lowest BCUT2D eigenvalue weighted by molar-refractivity contribution is -0.171. The molecule has 1 heterocycles. The second-order valence-corrected chi connectivity index (χ2v) is 5.55. The number of esters is 2. The van der Waals surface area contributed by atoms with Crippen molar-refractivity contribution in [1.82, 2.24) is 0 Å². The van der Waals surface area contributed by atoms with Gasteiger partial charge in [-0.15, -0.1) is 0 Å². The molecule has 1 spiro atoms. The maximum Gasteiger partial charge on any atom is 0.314 e. The standard InChI is InChI=1S/C12H18O3/c1-8-3-9(2)5-12(4-8)6-10(13)15-11(14)7-12/h8-9H,3-7H2,1-2H3/t8-,9+. The van der Waals surface area contributed by atoms with Crippen LogP contribution in [0.3, 0.4) is 0 Å². The number of ether oxygens (including phenoxy) is 1. The van der Waals surface area contributed by atoms with E-state index in [0.717, 1.165) is 12.8 Å². The van der Waals surface area contributed by atoms with Crippen molar-refractivity contribution in [1.29, 1.82) is 0 Å². The molecule has 2 rings (SSSR count). The van der Waals surface area contributed by atoms with E-state index in [1.807, 2.05) is 0 Å². The minimum atomic E-state index is -0.326. The zero-order valence-electron chi connectivity index (χ0n) is 9.41. The monoisotopic (exact) mass is 210 g/mol. The van der Waals surface area contributed by atoms with Crippen molar-refractivity contribution in [3.8, 4) is 0 Å². The predicted octanol–water partition coefficient (Wildman–Crippen LogP) is 2.29. The molecule has 0 N–H and O–H groups in total. The van der Waals surface area contributed by atoms with Crippen molar-refractivity contribution in [3.05, 3.63) is 0 Å². The second kappa shape index (κ2) is 3.62. The molecule has 0 amide bonds. The first kappa shape index (κ1) is 10.7. The Morgan fingerprint density at radius 1 is 1.07 bits per heavy atom. The summed E-state index contributed by atoms with van der Waals surface area (Å²) in [6.45, 7) is 4.42. The summed E-state index contributed by atoms with van der Waals surface area (Å²) in [6, 6.07) is 0. The van der Waals surface area contributed by atoms with E-state index in [0.29, 0.717) is 24.7 Å². The molecule has 0 aromatic heterocycles. The molecule has 0 bridgehead atoms. The molecule has 0 radical (unpaired) electrons. The van der Waals surface area contributed by atoms with E-state index >= 15 is 0 Å². The van der Waals surface area contributed by atoms with Crippen molar-refractivity contribution >= 4 is 11.9 Å². The minimum absolute atomic E-state index is 0.0799. The van der Waals surface area contributed by atoms with Gasteiger partial charge in [0.1, 0.15) is 0 Å². The van der Waals surface area contributed by atoms with Gasteiger partial charge in [-0.1, -0.05) is 13.8 Å². The van der Waals surface area contributed by atoms with Crippen molar-refractivity contribution < 1.29 is 14.3 Å². The summed E-state index contributed by atoms with van der Waals surface area (Å²) < 4.78 is 4.61. The Labute approximate surface area is 90.2 Å². The van der Waals surface area contributed by atoms with Gasteiger partial charge in [0.25, 0.3) is 0 Å². The molecular weight excluding hydrogens is 192 g/mol. The maximum atomic E-state index is 11.3. The average molecular weight is 210 g/mol. The van der Waals surface area contributed by atoms with Gasteiger partial charge in [-0.25, -0.2) is 0 Å². The van der Waals surface area contributed by atoms with Crippen molar-refractivity contribution in [2.75, 3.05) is 0 Å². The lowest BCUT2D eigenvalue weighted by Gasteiger charge is -2.43. The highest BCUT2D eigenvalue weighted by atomic mass is 16.6. The molecule has 1 saturated heterocycles. The highest BCUT2D eigenvalue weighted by molar-refractivity contribution is 5.89. The molecule has 2 aliphatic rings. The molecule has 3 heteroatoms. The minimum Gasteiger partial charge on any atom is -0.393 e. The summed E-state index contributed by atoms with van der Waals surface area (Å²) in [6.07, 6.45) is 4.09. The van der Waals surface area contributed by atoms with E-state index in [2.05, 4.69) is 18.6 Å². The lowest BCUT2D eigenvalue weighted by atomic mass is 9.62. The van der Waals surface area contributed by atoms with Gasteiger partial charge in [-0.3, -0.25) is 9.59 Å². The zero-order valence-corrected chi connectivity index (χ0v) is 9.41. The Kier molecular flexibility index (Phi) is 2.57. The molecule has 84 valence electrons. The zero-order chi connectivity index (χ0) is 11.1. The molecule has 3 nitrogen and oxygen atoms in total. The van der Waals surface area contributed by atoms with E-state index in [9.17, 15) is 9.59 Å². The van der Waals surface area contributed by atoms with Gasteiger partial charge in [-0.2, -0.15) is 0 Å². The predicted molar refractivity (Wildman–Crippen MR) is 54.9 cm³/mol. The highest BCUT2D eigenvalue weighted by Gasteiger charge is 2.45. The number of hydrogen-bond donors (Lipinski definition) is 0. The molecule has 0 aromatic carbocycles. The third-order valence-corrected chi connectivity index (χ3v) is 3.63. The van der Waals surface area contributed by atoms with Gasteiger partial charge in [0, 0.05) is 0 Å². The Morgan fingerprint density at radius 3 is 2.00 bits per heavy atom. The van der Waals surface area contributed by atoms with Crippen LogP contribution < -0.4 is 0 Å². The van der Waals surface area contributed by atoms with Crippen LogP contribution in [0.1, 0.15) is 46.0 Å². The molecule has 1 aliphatic carbocycles. The first-order valence-electron chi connectivity index (χ1n) is 5.73. The summed E-state index contributed by atoms with van der Waals surface area (Å²) in [5, 5.41) is 0. The fourth-order valence-electron chi connectivity index (χ4n) is 3.58. The topological polar surface area (TPSA) is 43.4 Å². The second-order valence-electron chi connectivity index (χ2n) is 5.55. The average Bonchev–Trinajstić information content (AvgIpc) is 1.96. The van der Waals surface area contributed by atoms with E-state index in [1.54, 1.807) is 0 Å². The molecule has 0 aromatic rings. The fourth-order valence-corrected chi connectivity index (χ4v) is 3.58. The largest absolute Gasteiger partial charge is 0.393 e. The Bertz CT molecular complexity index is 267. The SMILES string of the molecule is C[C@@H]1C[C@H](C)CC2(CC(=O)OC(=O)C2)C1. The van der Waals surface area contributed by atoms with E-state index in [-0.39, 0.29) is 17.4 Å². The smallest absolute Gasteiger partial charge is 0.314 e. The van der Waals surface area contributed by atoms with Crippen LogP contribution in [0.4, 0.5) is 0 Å². The number of rotatable bonds is 0. The Balaban J connectivity index is 2.16. The quantitative estimate of drug-likeness (QED) is 0.455.